The van der Waals surface area contributed by atoms with Crippen LogP contribution in [0.5, 0.6) is 0 Å². The van der Waals surface area contributed by atoms with Crippen molar-refractivity contribution in [3.63, 3.8) is 0 Å². The van der Waals surface area contributed by atoms with Crippen LogP contribution in [-0.4, -0.2) is 21.0 Å². The first-order valence-electron chi connectivity index (χ1n) is 2.09. The lowest BCUT2D eigenvalue weighted by Crippen LogP contribution is -2.06. The highest BCUT2D eigenvalue weighted by molar-refractivity contribution is 6.10. The number of rotatable bonds is 2. The summed E-state index contributed by atoms with van der Waals surface area (Å²) in [5, 5.41) is 0. The third-order valence-electron chi connectivity index (χ3n) is 0.705. The maximum absolute atomic E-state index is 5.25. The molecule has 0 fully saturated rings. The highest BCUT2D eigenvalue weighted by Crippen LogP contribution is 1.85. The van der Waals surface area contributed by atoms with E-state index in [2.05, 4.69) is 4.74 Å². The van der Waals surface area contributed by atoms with Crippen LogP contribution in [0.2, 0.25) is 0 Å². The fourth-order valence-corrected chi connectivity index (χ4v) is 0.167. The van der Waals surface area contributed by atoms with E-state index in [4.69, 9.17) is 7.85 Å². The summed E-state index contributed by atoms with van der Waals surface area (Å²) in [6, 6.07) is -0.0648. The van der Waals surface area contributed by atoms with E-state index in [-0.39, 0.29) is 6.00 Å². The normalized spacial score (nSPS) is 14.3. The zero-order valence-electron chi connectivity index (χ0n) is 4.27. The molecule has 0 heterocycles. The van der Waals surface area contributed by atoms with Crippen LogP contribution >= 0.6 is 0 Å². The molecule has 1 unspecified atom stereocenters. The Kier molecular flexibility index (Phi) is 3.24. The summed E-state index contributed by atoms with van der Waals surface area (Å²) in [7, 11) is 6.86. The van der Waals surface area contributed by atoms with Crippen LogP contribution in [-0.2, 0) is 4.74 Å². The van der Waals surface area contributed by atoms with Gasteiger partial charge in [0.1, 0.15) is 7.85 Å². The molecule has 0 spiro atoms. The van der Waals surface area contributed by atoms with Crippen molar-refractivity contribution in [1.29, 1.82) is 0 Å². The van der Waals surface area contributed by atoms with E-state index < -0.39 is 0 Å². The SMILES string of the molecule is [B]C(CC)OC. The third-order valence-corrected chi connectivity index (χ3v) is 0.705. The second kappa shape index (κ2) is 3.22. The van der Waals surface area contributed by atoms with E-state index in [0.29, 0.717) is 0 Å². The average molecular weight is 83.9 g/mol. The van der Waals surface area contributed by atoms with Gasteiger partial charge in [-0.2, -0.15) is 0 Å². The number of ether oxygens (including phenoxy) is 1. The lowest BCUT2D eigenvalue weighted by atomic mass is 9.98. The second-order valence-electron chi connectivity index (χ2n) is 1.18. The molecule has 6 heavy (non-hydrogen) atoms. The Bertz CT molecular complexity index is 26.7. The maximum atomic E-state index is 5.25. The number of hydrogen-bond donors (Lipinski definition) is 0. The third kappa shape index (κ3) is 2.27. The molecule has 0 aliphatic rings. The molecule has 0 aliphatic carbocycles. The fourth-order valence-electron chi connectivity index (χ4n) is 0.167. The molecule has 0 saturated heterocycles. The van der Waals surface area contributed by atoms with Crippen molar-refractivity contribution >= 4 is 7.85 Å². The van der Waals surface area contributed by atoms with Gasteiger partial charge in [0, 0.05) is 13.1 Å². The topological polar surface area (TPSA) is 9.23 Å². The van der Waals surface area contributed by atoms with E-state index >= 15 is 0 Å². The van der Waals surface area contributed by atoms with Gasteiger partial charge in [0.2, 0.25) is 0 Å². The first-order valence-corrected chi connectivity index (χ1v) is 2.09. The minimum atomic E-state index is -0.0648. The number of methoxy groups -OCH3 is 1. The van der Waals surface area contributed by atoms with Crippen molar-refractivity contribution in [2.75, 3.05) is 7.11 Å². The van der Waals surface area contributed by atoms with E-state index in [1.54, 1.807) is 7.11 Å². The summed E-state index contributed by atoms with van der Waals surface area (Å²) < 4.78 is 4.68. The van der Waals surface area contributed by atoms with Gasteiger partial charge in [0.15, 0.2) is 0 Å². The molecular formula is C4H9BO. The summed E-state index contributed by atoms with van der Waals surface area (Å²) in [5.41, 5.74) is 0. The smallest absolute Gasteiger partial charge is 0.108 e. The van der Waals surface area contributed by atoms with Crippen molar-refractivity contribution in [1.82, 2.24) is 0 Å². The Labute approximate surface area is 40.1 Å². The first kappa shape index (κ1) is 6.02. The van der Waals surface area contributed by atoms with E-state index in [1.807, 2.05) is 6.92 Å². The van der Waals surface area contributed by atoms with Gasteiger partial charge in [-0.25, -0.2) is 0 Å². The van der Waals surface area contributed by atoms with Gasteiger partial charge in [0.25, 0.3) is 0 Å². The van der Waals surface area contributed by atoms with Crippen LogP contribution < -0.4 is 0 Å². The van der Waals surface area contributed by atoms with Crippen molar-refractivity contribution in [3.8, 4) is 0 Å². The average Bonchev–Trinajstić information content (AvgIpc) is 1.65. The van der Waals surface area contributed by atoms with Gasteiger partial charge in [-0.15, -0.1) is 0 Å². The van der Waals surface area contributed by atoms with Crippen LogP contribution in [0.4, 0.5) is 0 Å². The summed E-state index contributed by atoms with van der Waals surface area (Å²) in [6.07, 6.45) is 0.885. The Morgan fingerprint density at radius 3 is 2.33 bits per heavy atom. The summed E-state index contributed by atoms with van der Waals surface area (Å²) in [6.45, 7) is 1.98. The Hall–Kier alpha value is 0.0249. The van der Waals surface area contributed by atoms with E-state index in [1.165, 1.54) is 0 Å². The molecule has 0 bridgehead atoms. The van der Waals surface area contributed by atoms with Gasteiger partial charge < -0.3 is 4.74 Å². The molecule has 0 saturated carbocycles. The highest BCUT2D eigenvalue weighted by Gasteiger charge is 1.88. The Balaban J connectivity index is 2.75. The van der Waals surface area contributed by atoms with Crippen molar-refractivity contribution < 1.29 is 4.74 Å². The largest absolute Gasteiger partial charge is 0.391 e. The predicted octanol–water partition coefficient (Wildman–Crippen LogP) is 0.537. The van der Waals surface area contributed by atoms with Crippen LogP contribution in [0.15, 0.2) is 0 Å². The van der Waals surface area contributed by atoms with Gasteiger partial charge in [-0.1, -0.05) is 6.92 Å². The molecule has 0 aromatic rings. The zero-order chi connectivity index (χ0) is 4.99. The van der Waals surface area contributed by atoms with Crippen molar-refractivity contribution in [3.05, 3.63) is 0 Å². The van der Waals surface area contributed by atoms with Gasteiger partial charge in [-0.05, 0) is 6.42 Å². The summed E-state index contributed by atoms with van der Waals surface area (Å²) >= 11 is 0. The molecular weight excluding hydrogens is 74.9 g/mol. The second-order valence-corrected chi connectivity index (χ2v) is 1.18. The lowest BCUT2D eigenvalue weighted by Gasteiger charge is -2.02. The quantitative estimate of drug-likeness (QED) is 0.443. The van der Waals surface area contributed by atoms with Crippen LogP contribution in [0.1, 0.15) is 13.3 Å². The minimum Gasteiger partial charge on any atom is -0.391 e. The molecule has 0 aliphatic heterocycles. The van der Waals surface area contributed by atoms with Gasteiger partial charge in [0.05, 0.1) is 0 Å². The zero-order valence-corrected chi connectivity index (χ0v) is 4.27. The molecule has 0 amide bonds. The highest BCUT2D eigenvalue weighted by atomic mass is 16.5. The van der Waals surface area contributed by atoms with Gasteiger partial charge >= 0.3 is 0 Å². The molecule has 2 heteroatoms. The van der Waals surface area contributed by atoms with Crippen molar-refractivity contribution in [2.24, 2.45) is 0 Å². The summed E-state index contributed by atoms with van der Waals surface area (Å²) in [5.74, 6) is 0. The van der Waals surface area contributed by atoms with E-state index in [9.17, 15) is 0 Å². The van der Waals surface area contributed by atoms with Crippen LogP contribution in [0.3, 0.4) is 0 Å². The molecule has 2 radical (unpaired) electrons. The van der Waals surface area contributed by atoms with E-state index in [0.717, 1.165) is 6.42 Å². The summed E-state index contributed by atoms with van der Waals surface area (Å²) in [4.78, 5) is 0. The molecule has 1 atom stereocenters. The standard InChI is InChI=1S/C4H9BO/c1-3-4(5)6-2/h4H,3H2,1-2H3. The maximum Gasteiger partial charge on any atom is 0.108 e. The van der Waals surface area contributed by atoms with Crippen LogP contribution in [0, 0.1) is 0 Å². The Morgan fingerprint density at radius 2 is 2.33 bits per heavy atom. The molecule has 34 valence electrons. The van der Waals surface area contributed by atoms with Gasteiger partial charge in [-0.3, -0.25) is 0 Å². The molecule has 0 aromatic heterocycles. The van der Waals surface area contributed by atoms with Crippen LogP contribution in [0.25, 0.3) is 0 Å². The molecule has 1 nitrogen and oxygen atoms in total. The Morgan fingerprint density at radius 1 is 1.83 bits per heavy atom. The first-order chi connectivity index (χ1) is 2.81. The predicted molar refractivity (Wildman–Crippen MR) is 26.8 cm³/mol. The minimum absolute atomic E-state index is 0.0648. The molecule has 0 N–H and O–H groups in total. The molecule has 0 rings (SSSR count). The fraction of sp³-hybridized carbons (Fsp3) is 1.00. The monoisotopic (exact) mass is 84.1 g/mol. The number of hydrogen-bond acceptors (Lipinski definition) is 1. The lowest BCUT2D eigenvalue weighted by molar-refractivity contribution is 0.164. The van der Waals surface area contributed by atoms with Crippen molar-refractivity contribution in [2.45, 2.75) is 19.3 Å². The molecule has 0 aromatic carbocycles.